The number of nitrogens with zero attached hydrogens (tertiary/aromatic N) is 2. The quantitative estimate of drug-likeness (QED) is 0.781. The molecule has 25 heavy (non-hydrogen) atoms. The molecule has 0 bridgehead atoms. The summed E-state index contributed by atoms with van der Waals surface area (Å²) in [6.45, 7) is 1.19. The van der Waals surface area contributed by atoms with Crippen molar-refractivity contribution in [2.75, 3.05) is 31.6 Å². The van der Waals surface area contributed by atoms with Gasteiger partial charge in [-0.15, -0.1) is 11.3 Å². The Kier molecular flexibility index (Phi) is 5.48. The van der Waals surface area contributed by atoms with Crippen molar-refractivity contribution in [3.05, 3.63) is 22.4 Å². The molecule has 6 nitrogen and oxygen atoms in total. The van der Waals surface area contributed by atoms with E-state index >= 15 is 0 Å². The minimum absolute atomic E-state index is 0.0208. The van der Waals surface area contributed by atoms with Gasteiger partial charge in [-0.05, 0) is 30.7 Å². The van der Waals surface area contributed by atoms with E-state index in [0.29, 0.717) is 38.8 Å². The summed E-state index contributed by atoms with van der Waals surface area (Å²) in [4.78, 5) is 29.5. The lowest BCUT2D eigenvalue weighted by molar-refractivity contribution is -0.140. The van der Waals surface area contributed by atoms with Gasteiger partial charge in [-0.1, -0.05) is 6.07 Å². The van der Waals surface area contributed by atoms with E-state index < -0.39 is 9.84 Å². The Morgan fingerprint density at radius 2 is 2.00 bits per heavy atom. The molecular formula is C17H24N2O4S2. The smallest absolute Gasteiger partial charge is 0.227 e. The van der Waals surface area contributed by atoms with E-state index in [2.05, 4.69) is 0 Å². The summed E-state index contributed by atoms with van der Waals surface area (Å²) in [6.07, 6.45) is 2.26. The van der Waals surface area contributed by atoms with Crippen LogP contribution in [-0.4, -0.2) is 67.7 Å². The zero-order chi connectivity index (χ0) is 18.0. The zero-order valence-electron chi connectivity index (χ0n) is 14.4. The molecule has 2 fully saturated rings. The molecule has 8 heteroatoms. The molecule has 0 spiro atoms. The summed E-state index contributed by atoms with van der Waals surface area (Å²) < 4.78 is 23.2. The van der Waals surface area contributed by atoms with Crippen LogP contribution in [0.1, 0.15) is 24.1 Å². The van der Waals surface area contributed by atoms with Crippen molar-refractivity contribution in [3.63, 3.8) is 0 Å². The Bertz CT molecular complexity index is 722. The third-order valence-corrected chi connectivity index (χ3v) is 7.83. The average molecular weight is 385 g/mol. The molecule has 0 aromatic carbocycles. The first-order valence-electron chi connectivity index (χ1n) is 8.63. The van der Waals surface area contributed by atoms with Crippen LogP contribution in [0.15, 0.2) is 17.5 Å². The highest BCUT2D eigenvalue weighted by molar-refractivity contribution is 7.91. The minimum Gasteiger partial charge on any atom is -0.342 e. The van der Waals surface area contributed by atoms with Crippen LogP contribution in [-0.2, 0) is 25.8 Å². The van der Waals surface area contributed by atoms with Gasteiger partial charge >= 0.3 is 0 Å². The maximum atomic E-state index is 12.7. The highest BCUT2D eigenvalue weighted by Gasteiger charge is 2.36. The van der Waals surface area contributed by atoms with E-state index in [0.717, 1.165) is 4.88 Å². The predicted octanol–water partition coefficient (Wildman–Crippen LogP) is 1.17. The first-order valence-corrected chi connectivity index (χ1v) is 11.3. The third-order valence-electron chi connectivity index (χ3n) is 5.21. The van der Waals surface area contributed by atoms with Crippen molar-refractivity contribution in [2.24, 2.45) is 5.92 Å². The van der Waals surface area contributed by atoms with Crippen LogP contribution in [0.25, 0.3) is 0 Å². The van der Waals surface area contributed by atoms with Crippen LogP contribution < -0.4 is 0 Å². The molecule has 0 N–H and O–H groups in total. The number of amides is 2. The van der Waals surface area contributed by atoms with E-state index in [1.54, 1.807) is 23.3 Å². The molecule has 138 valence electrons. The number of hydrogen-bond acceptors (Lipinski definition) is 5. The van der Waals surface area contributed by atoms with E-state index in [1.807, 2.05) is 22.4 Å². The lowest BCUT2D eigenvalue weighted by atomic mass is 9.94. The molecule has 0 saturated carbocycles. The molecule has 2 saturated heterocycles. The summed E-state index contributed by atoms with van der Waals surface area (Å²) in [5, 5.41) is 1.96. The summed E-state index contributed by atoms with van der Waals surface area (Å²) in [5.74, 6) is 0.272. The number of sulfone groups is 1. The van der Waals surface area contributed by atoms with E-state index in [9.17, 15) is 18.0 Å². The molecule has 1 aromatic heterocycles. The van der Waals surface area contributed by atoms with Gasteiger partial charge < -0.3 is 9.80 Å². The first kappa shape index (κ1) is 18.4. The highest BCUT2D eigenvalue weighted by Crippen LogP contribution is 2.24. The zero-order valence-corrected chi connectivity index (χ0v) is 16.0. The maximum absolute atomic E-state index is 12.7. The second-order valence-corrected chi connectivity index (χ2v) is 10.2. The fraction of sp³-hybridized carbons (Fsp3) is 0.647. The van der Waals surface area contributed by atoms with E-state index in [-0.39, 0.29) is 35.3 Å². The Morgan fingerprint density at radius 1 is 1.28 bits per heavy atom. The van der Waals surface area contributed by atoms with Crippen LogP contribution in [0.3, 0.4) is 0 Å². The number of rotatable bonds is 4. The van der Waals surface area contributed by atoms with Gasteiger partial charge in [0.05, 0.1) is 17.9 Å². The predicted molar refractivity (Wildman–Crippen MR) is 97.2 cm³/mol. The fourth-order valence-electron chi connectivity index (χ4n) is 3.60. The molecule has 2 aliphatic heterocycles. The van der Waals surface area contributed by atoms with Gasteiger partial charge in [-0.3, -0.25) is 9.59 Å². The van der Waals surface area contributed by atoms with Gasteiger partial charge in [-0.2, -0.15) is 0 Å². The number of piperidine rings is 1. The molecular weight excluding hydrogens is 360 g/mol. The number of thiophene rings is 1. The molecule has 1 aromatic rings. The topological polar surface area (TPSA) is 74.8 Å². The van der Waals surface area contributed by atoms with Gasteiger partial charge in [0.1, 0.15) is 0 Å². The molecule has 0 radical (unpaired) electrons. The minimum atomic E-state index is -3.00. The van der Waals surface area contributed by atoms with Crippen molar-refractivity contribution < 1.29 is 18.0 Å². The van der Waals surface area contributed by atoms with Gasteiger partial charge in [-0.25, -0.2) is 8.42 Å². The molecule has 0 aliphatic carbocycles. The lowest BCUT2D eigenvalue weighted by Crippen LogP contribution is -2.46. The number of carbonyl (C=O) groups excluding carboxylic acids is 2. The van der Waals surface area contributed by atoms with Crippen LogP contribution in [0.4, 0.5) is 0 Å². The van der Waals surface area contributed by atoms with Crippen molar-refractivity contribution >= 4 is 33.0 Å². The number of carbonyl (C=O) groups is 2. The number of hydrogen-bond donors (Lipinski definition) is 0. The summed E-state index contributed by atoms with van der Waals surface area (Å²) in [6, 6.07) is 3.71. The summed E-state index contributed by atoms with van der Waals surface area (Å²) in [5.41, 5.74) is 0. The van der Waals surface area contributed by atoms with Crippen LogP contribution in [0, 0.1) is 5.92 Å². The Hall–Kier alpha value is -1.41. The van der Waals surface area contributed by atoms with Crippen molar-refractivity contribution in [1.29, 1.82) is 0 Å². The monoisotopic (exact) mass is 384 g/mol. The molecule has 3 rings (SSSR count). The van der Waals surface area contributed by atoms with Crippen LogP contribution in [0.2, 0.25) is 0 Å². The average Bonchev–Trinajstić information content (AvgIpc) is 3.22. The van der Waals surface area contributed by atoms with Gasteiger partial charge in [0.25, 0.3) is 0 Å². The fourth-order valence-corrected chi connectivity index (χ4v) is 6.07. The van der Waals surface area contributed by atoms with Gasteiger partial charge in [0, 0.05) is 37.0 Å². The van der Waals surface area contributed by atoms with Crippen molar-refractivity contribution in [2.45, 2.75) is 31.7 Å². The Labute approximate surface area is 152 Å². The number of likely N-dealkylation sites (tertiary alicyclic amines) is 1. The normalized spacial score (nSPS) is 23.6. The lowest BCUT2D eigenvalue weighted by Gasteiger charge is -2.34. The second kappa shape index (κ2) is 7.45. The highest BCUT2D eigenvalue weighted by atomic mass is 32.2. The standard InChI is InChI=1S/C17H24N2O4S2/c1-18(14-6-10-25(22,23)12-14)17(21)13-4-7-19(8-5-13)16(20)11-15-3-2-9-24-15/h2-3,9,13-14H,4-8,10-12H2,1H3. The molecule has 2 amide bonds. The summed E-state index contributed by atoms with van der Waals surface area (Å²) in [7, 11) is -1.29. The molecule has 1 unspecified atom stereocenters. The Morgan fingerprint density at radius 3 is 2.56 bits per heavy atom. The van der Waals surface area contributed by atoms with Gasteiger partial charge in [0.15, 0.2) is 9.84 Å². The third kappa shape index (κ3) is 4.41. The van der Waals surface area contributed by atoms with E-state index in [1.165, 1.54) is 0 Å². The van der Waals surface area contributed by atoms with Crippen molar-refractivity contribution in [1.82, 2.24) is 9.80 Å². The SMILES string of the molecule is CN(C(=O)C1CCN(C(=O)Cc2cccs2)CC1)C1CCS(=O)(=O)C1. The largest absolute Gasteiger partial charge is 0.342 e. The maximum Gasteiger partial charge on any atom is 0.227 e. The van der Waals surface area contributed by atoms with Crippen molar-refractivity contribution in [3.8, 4) is 0 Å². The molecule has 3 heterocycles. The van der Waals surface area contributed by atoms with Crippen LogP contribution in [0.5, 0.6) is 0 Å². The van der Waals surface area contributed by atoms with Crippen LogP contribution >= 0.6 is 11.3 Å². The summed E-state index contributed by atoms with van der Waals surface area (Å²) >= 11 is 1.58. The second-order valence-electron chi connectivity index (χ2n) is 6.92. The molecule has 2 aliphatic rings. The Balaban J connectivity index is 1.50. The first-order chi connectivity index (χ1) is 11.9. The van der Waals surface area contributed by atoms with Gasteiger partial charge in [0.2, 0.25) is 11.8 Å². The molecule has 1 atom stereocenters. The van der Waals surface area contributed by atoms with E-state index in [4.69, 9.17) is 0 Å².